The van der Waals surface area contributed by atoms with Crippen molar-refractivity contribution in [3.05, 3.63) is 36.4 Å². The third kappa shape index (κ3) is 1.81. The van der Waals surface area contributed by atoms with Crippen molar-refractivity contribution in [1.82, 2.24) is 10.2 Å². The van der Waals surface area contributed by atoms with E-state index in [4.69, 9.17) is 0 Å². The Morgan fingerprint density at radius 3 is 2.69 bits per heavy atom. The van der Waals surface area contributed by atoms with Gasteiger partial charge in [0.2, 0.25) is 0 Å². The number of aromatic amines is 1. The van der Waals surface area contributed by atoms with Crippen LogP contribution >= 0.6 is 0 Å². The summed E-state index contributed by atoms with van der Waals surface area (Å²) in [6, 6.07) is 13.0. The third-order valence-electron chi connectivity index (χ3n) is 3.12. The molecule has 1 aromatic carbocycles. The molecule has 0 unspecified atom stereocenters. The van der Waals surface area contributed by atoms with Crippen LogP contribution in [0, 0.1) is 0 Å². The molecule has 2 N–H and O–H groups in total. The first kappa shape index (κ1) is 9.46. The summed E-state index contributed by atoms with van der Waals surface area (Å²) in [7, 11) is 0. The molecule has 0 amide bonds. The third-order valence-corrected chi connectivity index (χ3v) is 3.12. The lowest BCUT2D eigenvalue weighted by Crippen LogP contribution is -2.27. The number of nitrogens with one attached hydrogen (secondary N) is 2. The lowest BCUT2D eigenvalue weighted by atomic mass is 9.93. The average Bonchev–Trinajstić information content (AvgIpc) is 2.73. The molecule has 16 heavy (non-hydrogen) atoms. The molecule has 0 saturated heterocycles. The minimum Gasteiger partial charge on any atom is -0.366 e. The summed E-state index contributed by atoms with van der Waals surface area (Å²) in [6.07, 6.45) is 3.88. The van der Waals surface area contributed by atoms with Gasteiger partial charge in [0.1, 0.15) is 5.82 Å². The second kappa shape index (κ2) is 4.00. The Morgan fingerprint density at radius 2 is 2.00 bits per heavy atom. The second-order valence-corrected chi connectivity index (χ2v) is 4.31. The Balaban J connectivity index is 1.77. The Hall–Kier alpha value is -1.77. The molecule has 1 aromatic heterocycles. The topological polar surface area (TPSA) is 40.7 Å². The van der Waals surface area contributed by atoms with E-state index in [9.17, 15) is 0 Å². The molecule has 3 heteroatoms. The van der Waals surface area contributed by atoms with Gasteiger partial charge in [-0.05, 0) is 24.8 Å². The minimum absolute atomic E-state index is 0.631. The van der Waals surface area contributed by atoms with Gasteiger partial charge in [0.05, 0.1) is 5.69 Å². The van der Waals surface area contributed by atoms with Gasteiger partial charge in [0.25, 0.3) is 0 Å². The molecule has 1 aliphatic rings. The highest BCUT2D eigenvalue weighted by molar-refractivity contribution is 5.62. The number of benzene rings is 1. The van der Waals surface area contributed by atoms with E-state index in [0.717, 1.165) is 11.5 Å². The number of hydrogen-bond acceptors (Lipinski definition) is 2. The van der Waals surface area contributed by atoms with E-state index in [0.29, 0.717) is 6.04 Å². The van der Waals surface area contributed by atoms with E-state index in [-0.39, 0.29) is 0 Å². The zero-order valence-electron chi connectivity index (χ0n) is 9.11. The van der Waals surface area contributed by atoms with Crippen molar-refractivity contribution < 1.29 is 0 Å². The lowest BCUT2D eigenvalue weighted by molar-refractivity contribution is 0.444. The predicted octanol–water partition coefficient (Wildman–Crippen LogP) is 3.04. The first-order valence-corrected chi connectivity index (χ1v) is 5.79. The van der Waals surface area contributed by atoms with Gasteiger partial charge in [-0.1, -0.05) is 30.3 Å². The smallest absolute Gasteiger partial charge is 0.148 e. The fourth-order valence-corrected chi connectivity index (χ4v) is 1.92. The van der Waals surface area contributed by atoms with Crippen molar-refractivity contribution in [2.45, 2.75) is 25.3 Å². The van der Waals surface area contributed by atoms with Crippen molar-refractivity contribution in [1.29, 1.82) is 0 Å². The number of rotatable bonds is 3. The van der Waals surface area contributed by atoms with Gasteiger partial charge in [0, 0.05) is 12.1 Å². The number of H-pyrrole nitrogens is 1. The average molecular weight is 213 g/mol. The summed E-state index contributed by atoms with van der Waals surface area (Å²) in [5.74, 6) is 0.962. The highest BCUT2D eigenvalue weighted by Crippen LogP contribution is 2.24. The number of aromatic nitrogens is 2. The summed E-state index contributed by atoms with van der Waals surface area (Å²) in [5.41, 5.74) is 2.25. The van der Waals surface area contributed by atoms with Crippen molar-refractivity contribution in [3.63, 3.8) is 0 Å². The normalized spacial score (nSPS) is 15.8. The van der Waals surface area contributed by atoms with Crippen LogP contribution in [0.25, 0.3) is 11.3 Å². The van der Waals surface area contributed by atoms with Gasteiger partial charge < -0.3 is 5.32 Å². The number of nitrogens with zero attached hydrogens (tertiary/aromatic N) is 1. The zero-order valence-corrected chi connectivity index (χ0v) is 9.11. The molecule has 3 nitrogen and oxygen atoms in total. The summed E-state index contributed by atoms with van der Waals surface area (Å²) < 4.78 is 0. The predicted molar refractivity (Wildman–Crippen MR) is 65.3 cm³/mol. The molecular formula is C13H15N3. The Labute approximate surface area is 94.9 Å². The van der Waals surface area contributed by atoms with Crippen molar-refractivity contribution in [2.24, 2.45) is 0 Å². The first-order chi connectivity index (χ1) is 7.92. The van der Waals surface area contributed by atoms with E-state index in [1.807, 2.05) is 18.2 Å². The van der Waals surface area contributed by atoms with Gasteiger partial charge >= 0.3 is 0 Å². The summed E-state index contributed by atoms with van der Waals surface area (Å²) in [6.45, 7) is 0. The molecule has 0 radical (unpaired) electrons. The summed E-state index contributed by atoms with van der Waals surface area (Å²) in [4.78, 5) is 0. The van der Waals surface area contributed by atoms with Crippen LogP contribution < -0.4 is 5.32 Å². The van der Waals surface area contributed by atoms with E-state index < -0.39 is 0 Å². The van der Waals surface area contributed by atoms with E-state index >= 15 is 0 Å². The van der Waals surface area contributed by atoms with Gasteiger partial charge in [0.15, 0.2) is 0 Å². The van der Waals surface area contributed by atoms with Crippen LogP contribution in [0.4, 0.5) is 5.82 Å². The zero-order chi connectivity index (χ0) is 10.8. The quantitative estimate of drug-likeness (QED) is 0.822. The standard InChI is InChI=1S/C13H15N3/c1-2-5-10(6-3-1)12-9-13(16-15-12)14-11-7-4-8-11/h1-3,5-6,9,11H,4,7-8H2,(H2,14,15,16). The SMILES string of the molecule is c1ccc(-c2cc(NC3CCC3)n[nH]2)cc1. The van der Waals surface area contributed by atoms with Crippen LogP contribution in [-0.2, 0) is 0 Å². The molecule has 1 fully saturated rings. The summed E-state index contributed by atoms with van der Waals surface area (Å²) >= 11 is 0. The molecular weight excluding hydrogens is 198 g/mol. The molecule has 0 bridgehead atoms. The molecule has 0 aliphatic heterocycles. The monoisotopic (exact) mass is 213 g/mol. The van der Waals surface area contributed by atoms with Crippen molar-refractivity contribution in [3.8, 4) is 11.3 Å². The van der Waals surface area contributed by atoms with Crippen molar-refractivity contribution >= 4 is 5.82 Å². The second-order valence-electron chi connectivity index (χ2n) is 4.31. The van der Waals surface area contributed by atoms with E-state index in [2.05, 4.69) is 33.7 Å². The van der Waals surface area contributed by atoms with Crippen LogP contribution in [0.1, 0.15) is 19.3 Å². The maximum Gasteiger partial charge on any atom is 0.148 e. The molecule has 82 valence electrons. The fourth-order valence-electron chi connectivity index (χ4n) is 1.92. The largest absolute Gasteiger partial charge is 0.366 e. The highest BCUT2D eigenvalue weighted by Gasteiger charge is 2.17. The molecule has 0 atom stereocenters. The van der Waals surface area contributed by atoms with Gasteiger partial charge in [-0.25, -0.2) is 0 Å². The minimum atomic E-state index is 0.631. The summed E-state index contributed by atoms with van der Waals surface area (Å²) in [5, 5.41) is 10.8. The maximum atomic E-state index is 4.28. The van der Waals surface area contributed by atoms with E-state index in [1.165, 1.54) is 24.8 Å². The van der Waals surface area contributed by atoms with Crippen LogP contribution in [0.3, 0.4) is 0 Å². The van der Waals surface area contributed by atoms with Crippen LogP contribution in [0.2, 0.25) is 0 Å². The number of hydrogen-bond donors (Lipinski definition) is 2. The number of anilines is 1. The molecule has 0 spiro atoms. The Kier molecular flexibility index (Phi) is 2.37. The lowest BCUT2D eigenvalue weighted by Gasteiger charge is -2.26. The fraction of sp³-hybridized carbons (Fsp3) is 0.308. The Bertz CT molecular complexity index is 457. The van der Waals surface area contributed by atoms with E-state index in [1.54, 1.807) is 0 Å². The Morgan fingerprint density at radius 1 is 1.19 bits per heavy atom. The molecule has 2 aromatic rings. The highest BCUT2D eigenvalue weighted by atomic mass is 15.2. The van der Waals surface area contributed by atoms with Crippen LogP contribution in [-0.4, -0.2) is 16.2 Å². The maximum absolute atomic E-state index is 4.28. The van der Waals surface area contributed by atoms with Crippen LogP contribution in [0.15, 0.2) is 36.4 Å². The van der Waals surface area contributed by atoms with Crippen LogP contribution in [0.5, 0.6) is 0 Å². The first-order valence-electron chi connectivity index (χ1n) is 5.79. The molecule has 3 rings (SSSR count). The molecule has 1 heterocycles. The van der Waals surface area contributed by atoms with Gasteiger partial charge in [-0.15, -0.1) is 0 Å². The van der Waals surface area contributed by atoms with Crippen molar-refractivity contribution in [2.75, 3.05) is 5.32 Å². The van der Waals surface area contributed by atoms with Gasteiger partial charge in [-0.2, -0.15) is 5.10 Å². The molecule has 1 aliphatic carbocycles. The molecule has 1 saturated carbocycles. The van der Waals surface area contributed by atoms with Gasteiger partial charge in [-0.3, -0.25) is 5.10 Å².